The number of oxazole rings is 1. The molecule has 6 heteroatoms. The van der Waals surface area contributed by atoms with Crippen LogP contribution in [0.3, 0.4) is 0 Å². The molecule has 0 unspecified atom stereocenters. The number of hydrogen-bond donors (Lipinski definition) is 1. The fraction of sp³-hybridized carbons (Fsp3) is 0.0400. The SMILES string of the molecule is O=[C-]c1ccccc1[C-]=O.[CH2-]Cc1c(-c2nc3ccccc3o2)[nH]c2ccccc12.[Na+]. The molecule has 0 spiro atoms. The van der Waals surface area contributed by atoms with Crippen molar-refractivity contribution in [3.8, 4) is 11.6 Å². The normalized spacial score (nSPS) is 10.2. The Balaban J connectivity index is 0.000000212. The van der Waals surface area contributed by atoms with Crippen LogP contribution in [0.25, 0.3) is 33.6 Å². The molecule has 0 saturated carbocycles. The zero-order valence-electron chi connectivity index (χ0n) is 17.0. The van der Waals surface area contributed by atoms with Gasteiger partial charge in [-0.15, -0.1) is 12.1 Å². The average molecular weight is 416 g/mol. The van der Waals surface area contributed by atoms with Crippen LogP contribution in [0.2, 0.25) is 0 Å². The number of fused-ring (bicyclic) bond motifs is 2. The van der Waals surface area contributed by atoms with E-state index in [0.29, 0.717) is 12.3 Å². The summed E-state index contributed by atoms with van der Waals surface area (Å²) < 4.78 is 5.86. The summed E-state index contributed by atoms with van der Waals surface area (Å²) in [6, 6.07) is 22.4. The van der Waals surface area contributed by atoms with Crippen LogP contribution in [0.4, 0.5) is 0 Å². The monoisotopic (exact) mass is 416 g/mol. The molecule has 5 aromatic rings. The molecule has 148 valence electrons. The molecule has 5 rings (SSSR count). The van der Waals surface area contributed by atoms with E-state index in [0.717, 1.165) is 27.9 Å². The number of hydrogen-bond acceptors (Lipinski definition) is 4. The number of para-hydroxylation sites is 3. The zero-order chi connectivity index (χ0) is 20.9. The largest absolute Gasteiger partial charge is 1.00 e. The number of aromatic amines is 1. The van der Waals surface area contributed by atoms with Gasteiger partial charge in [0.05, 0.1) is 0 Å². The summed E-state index contributed by atoms with van der Waals surface area (Å²) in [4.78, 5) is 28.1. The maximum absolute atomic E-state index is 10.1. The second kappa shape index (κ2) is 10.4. The first-order valence-corrected chi connectivity index (χ1v) is 9.35. The van der Waals surface area contributed by atoms with E-state index in [9.17, 15) is 9.59 Å². The van der Waals surface area contributed by atoms with Crippen molar-refractivity contribution >= 4 is 34.6 Å². The second-order valence-electron chi connectivity index (χ2n) is 6.51. The van der Waals surface area contributed by atoms with E-state index in [4.69, 9.17) is 4.42 Å². The van der Waals surface area contributed by atoms with Crippen LogP contribution in [0.15, 0.2) is 77.2 Å². The van der Waals surface area contributed by atoms with E-state index in [-0.39, 0.29) is 40.7 Å². The van der Waals surface area contributed by atoms with Gasteiger partial charge >= 0.3 is 29.6 Å². The van der Waals surface area contributed by atoms with Crippen LogP contribution in [-0.2, 0) is 16.0 Å². The third-order valence-corrected chi connectivity index (χ3v) is 4.72. The summed E-state index contributed by atoms with van der Waals surface area (Å²) in [6.45, 7) is 4.03. The molecular weight excluding hydrogens is 399 g/mol. The van der Waals surface area contributed by atoms with E-state index in [1.807, 2.05) is 36.4 Å². The Morgan fingerprint density at radius 2 is 1.48 bits per heavy atom. The molecule has 0 aliphatic carbocycles. The molecule has 0 atom stereocenters. The minimum Gasteiger partial charge on any atom is -0.435 e. The maximum Gasteiger partial charge on any atom is 1.00 e. The smallest absolute Gasteiger partial charge is 0.435 e. The Morgan fingerprint density at radius 3 is 2.13 bits per heavy atom. The Labute approximate surface area is 201 Å². The van der Waals surface area contributed by atoms with Gasteiger partial charge in [-0.1, -0.05) is 30.3 Å². The molecule has 5 nitrogen and oxygen atoms in total. The number of nitrogens with zero attached hydrogens (tertiary/aromatic N) is 1. The van der Waals surface area contributed by atoms with Gasteiger partial charge in [-0.05, 0) is 36.3 Å². The fourth-order valence-corrected chi connectivity index (χ4v) is 3.28. The molecule has 2 aromatic heterocycles. The maximum atomic E-state index is 10.1. The Bertz CT molecular complexity index is 1280. The minimum atomic E-state index is 0. The molecule has 0 amide bonds. The molecule has 3 aromatic carbocycles. The van der Waals surface area contributed by atoms with Gasteiger partial charge in [-0.3, -0.25) is 11.1 Å². The minimum absolute atomic E-state index is 0. The van der Waals surface area contributed by atoms with Crippen LogP contribution < -0.4 is 29.6 Å². The van der Waals surface area contributed by atoms with Crippen molar-refractivity contribution < 1.29 is 43.6 Å². The van der Waals surface area contributed by atoms with Crippen molar-refractivity contribution in [3.05, 3.63) is 96.4 Å². The Morgan fingerprint density at radius 1 is 0.871 bits per heavy atom. The average Bonchev–Trinajstić information content (AvgIpc) is 3.40. The van der Waals surface area contributed by atoms with E-state index in [1.165, 1.54) is 17.5 Å². The van der Waals surface area contributed by atoms with Crippen molar-refractivity contribution in [1.29, 1.82) is 0 Å². The van der Waals surface area contributed by atoms with Crippen molar-refractivity contribution in [3.63, 3.8) is 0 Å². The second-order valence-corrected chi connectivity index (χ2v) is 6.51. The molecule has 0 bridgehead atoms. The van der Waals surface area contributed by atoms with Crippen molar-refractivity contribution in [2.75, 3.05) is 0 Å². The molecular formula is C25H17N2NaO3-2. The van der Waals surface area contributed by atoms with Crippen LogP contribution in [0.1, 0.15) is 16.7 Å². The van der Waals surface area contributed by atoms with Crippen LogP contribution in [0, 0.1) is 6.92 Å². The van der Waals surface area contributed by atoms with Crippen LogP contribution in [-0.4, -0.2) is 22.5 Å². The quantitative estimate of drug-likeness (QED) is 0.359. The molecule has 0 aliphatic rings. The van der Waals surface area contributed by atoms with E-state index in [1.54, 1.807) is 24.7 Å². The number of nitrogens with one attached hydrogen (secondary N) is 1. The predicted octanol–water partition coefficient (Wildman–Crippen LogP) is 1.96. The third kappa shape index (κ3) is 4.69. The van der Waals surface area contributed by atoms with Gasteiger partial charge < -0.3 is 25.9 Å². The number of benzene rings is 3. The molecule has 0 aliphatic heterocycles. The molecule has 1 N–H and O–H groups in total. The number of carbonyl (C=O) groups excluding carboxylic acids is 2. The summed E-state index contributed by atoms with van der Waals surface area (Å²) >= 11 is 0. The van der Waals surface area contributed by atoms with Crippen molar-refractivity contribution in [2.24, 2.45) is 0 Å². The number of H-pyrrole nitrogens is 1. The first-order chi connectivity index (χ1) is 14.7. The molecule has 0 radical (unpaired) electrons. The Hall–Kier alpha value is -2.99. The Kier molecular flexibility index (Phi) is 7.58. The van der Waals surface area contributed by atoms with Gasteiger partial charge in [0.15, 0.2) is 5.58 Å². The third-order valence-electron chi connectivity index (χ3n) is 4.72. The van der Waals surface area contributed by atoms with Gasteiger partial charge in [-0.2, -0.15) is 6.42 Å². The fourth-order valence-electron chi connectivity index (χ4n) is 3.28. The van der Waals surface area contributed by atoms with Crippen LogP contribution in [0.5, 0.6) is 0 Å². The van der Waals surface area contributed by atoms with Gasteiger partial charge in [0.1, 0.15) is 11.2 Å². The number of rotatable bonds is 4. The van der Waals surface area contributed by atoms with E-state index < -0.39 is 0 Å². The molecule has 31 heavy (non-hydrogen) atoms. The molecule has 2 heterocycles. The predicted molar refractivity (Wildman–Crippen MR) is 116 cm³/mol. The topological polar surface area (TPSA) is 76.0 Å². The van der Waals surface area contributed by atoms with E-state index >= 15 is 0 Å². The summed E-state index contributed by atoms with van der Waals surface area (Å²) in [5.74, 6) is 0.626. The standard InChI is InChI=1S/C17H13N2O.C8H4O2.Na/c1-2-11-12-7-3-4-8-13(12)18-16(11)17-19-14-9-5-6-10-15(14)20-17;9-5-7-3-1-2-4-8(7)6-10;/h3-10,18H,1-2H2;1-4H;/q-1;-2;+1. The number of aromatic nitrogens is 2. The summed E-state index contributed by atoms with van der Waals surface area (Å²) in [7, 11) is 0. The molecule has 0 fully saturated rings. The van der Waals surface area contributed by atoms with Gasteiger partial charge in [-0.25, -0.2) is 17.1 Å². The first kappa shape index (κ1) is 22.7. The van der Waals surface area contributed by atoms with Crippen LogP contribution >= 0.6 is 0 Å². The van der Waals surface area contributed by atoms with Crippen molar-refractivity contribution in [1.82, 2.24) is 9.97 Å². The van der Waals surface area contributed by atoms with Gasteiger partial charge in [0.25, 0.3) is 0 Å². The molecule has 0 saturated heterocycles. The summed E-state index contributed by atoms with van der Waals surface area (Å²) in [6.07, 6.45) is 3.96. The van der Waals surface area contributed by atoms with Crippen molar-refractivity contribution in [2.45, 2.75) is 6.42 Å². The zero-order valence-corrected chi connectivity index (χ0v) is 19.0. The first-order valence-electron chi connectivity index (χ1n) is 9.35. The summed E-state index contributed by atoms with van der Waals surface area (Å²) in [5, 5.41) is 1.18. The van der Waals surface area contributed by atoms with Gasteiger partial charge in [0.2, 0.25) is 5.89 Å². The van der Waals surface area contributed by atoms with Gasteiger partial charge in [0, 0.05) is 10.9 Å². The summed E-state index contributed by atoms with van der Waals surface area (Å²) in [5.41, 5.74) is 5.36. The van der Waals surface area contributed by atoms with E-state index in [2.05, 4.69) is 29.0 Å².